The number of anilines is 1. The summed E-state index contributed by atoms with van der Waals surface area (Å²) in [6, 6.07) is 11.9. The SMILES string of the molecule is CC[C@H]1CC[C@@H]([C@@H](O)c2ccc(Cl)c(Cl)c2)N1C(=O)Nc1ccc(CNC(=O)C(C)(C)C)cc1. The lowest BCUT2D eigenvalue weighted by atomic mass is 9.95. The van der Waals surface area contributed by atoms with Crippen molar-refractivity contribution < 1.29 is 14.7 Å². The number of urea groups is 1. The van der Waals surface area contributed by atoms with E-state index >= 15 is 0 Å². The minimum Gasteiger partial charge on any atom is -0.386 e. The smallest absolute Gasteiger partial charge is 0.322 e. The van der Waals surface area contributed by atoms with Gasteiger partial charge in [0.25, 0.3) is 0 Å². The van der Waals surface area contributed by atoms with E-state index in [0.29, 0.717) is 34.3 Å². The van der Waals surface area contributed by atoms with Crippen molar-refractivity contribution >= 4 is 40.8 Å². The Balaban J connectivity index is 1.68. The van der Waals surface area contributed by atoms with Gasteiger partial charge in [-0.2, -0.15) is 0 Å². The van der Waals surface area contributed by atoms with E-state index in [2.05, 4.69) is 10.6 Å². The second kappa shape index (κ2) is 11.0. The predicted molar refractivity (Wildman–Crippen MR) is 137 cm³/mol. The van der Waals surface area contributed by atoms with Crippen LogP contribution in [-0.2, 0) is 11.3 Å². The fourth-order valence-corrected chi connectivity index (χ4v) is 4.51. The summed E-state index contributed by atoms with van der Waals surface area (Å²) in [6.45, 7) is 8.07. The fourth-order valence-electron chi connectivity index (χ4n) is 4.20. The van der Waals surface area contributed by atoms with Gasteiger partial charge in [-0.05, 0) is 54.7 Å². The van der Waals surface area contributed by atoms with Crippen LogP contribution in [0.5, 0.6) is 0 Å². The molecular formula is C26H33Cl2N3O3. The molecule has 1 aliphatic heterocycles. The summed E-state index contributed by atoms with van der Waals surface area (Å²) in [5.41, 5.74) is 1.78. The maximum Gasteiger partial charge on any atom is 0.322 e. The minimum absolute atomic E-state index is 0.0175. The maximum absolute atomic E-state index is 13.3. The Hall–Kier alpha value is -2.28. The lowest BCUT2D eigenvalue weighted by Crippen LogP contribution is -2.46. The molecule has 0 saturated carbocycles. The normalized spacial score (nSPS) is 19.1. The molecule has 2 aromatic carbocycles. The number of aliphatic hydroxyl groups excluding tert-OH is 1. The Bertz CT molecular complexity index is 1020. The van der Waals surface area contributed by atoms with Crippen LogP contribution in [0.1, 0.15) is 64.2 Å². The highest BCUT2D eigenvalue weighted by Gasteiger charge is 2.40. The molecule has 0 radical (unpaired) electrons. The second-order valence-electron chi connectivity index (χ2n) is 9.79. The third-order valence-electron chi connectivity index (χ3n) is 6.24. The first kappa shape index (κ1) is 26.3. The lowest BCUT2D eigenvalue weighted by molar-refractivity contribution is -0.128. The number of benzene rings is 2. The second-order valence-corrected chi connectivity index (χ2v) is 10.6. The molecule has 3 atom stereocenters. The molecule has 0 aromatic heterocycles. The van der Waals surface area contributed by atoms with Crippen LogP contribution in [0.25, 0.3) is 0 Å². The summed E-state index contributed by atoms with van der Waals surface area (Å²) >= 11 is 12.2. The zero-order valence-corrected chi connectivity index (χ0v) is 21.6. The molecular weight excluding hydrogens is 473 g/mol. The Morgan fingerprint density at radius 2 is 1.76 bits per heavy atom. The number of rotatable bonds is 6. The summed E-state index contributed by atoms with van der Waals surface area (Å²) in [5.74, 6) is -0.0175. The fraction of sp³-hybridized carbons (Fsp3) is 0.462. The molecule has 0 spiro atoms. The van der Waals surface area contributed by atoms with Gasteiger partial charge < -0.3 is 20.6 Å². The number of nitrogens with one attached hydrogen (secondary N) is 2. The highest BCUT2D eigenvalue weighted by atomic mass is 35.5. The first-order chi connectivity index (χ1) is 16.0. The van der Waals surface area contributed by atoms with E-state index in [0.717, 1.165) is 18.4 Å². The molecule has 1 fully saturated rings. The standard InChI is InChI=1S/C26H33Cl2N3O3/c1-5-19-11-13-22(23(32)17-8-12-20(27)21(28)14-17)31(19)25(34)30-18-9-6-16(7-10-18)15-29-24(33)26(2,3)4/h6-10,12,14,19,22-23,32H,5,11,13,15H2,1-4H3,(H,29,33)(H,30,34)/t19-,22-,23-/m0/s1. The molecule has 34 heavy (non-hydrogen) atoms. The monoisotopic (exact) mass is 505 g/mol. The van der Waals surface area contributed by atoms with Gasteiger partial charge in [0.2, 0.25) is 5.91 Å². The summed E-state index contributed by atoms with van der Waals surface area (Å²) in [4.78, 5) is 27.1. The number of carbonyl (C=O) groups excluding carboxylic acids is 2. The van der Waals surface area contributed by atoms with Crippen LogP contribution in [0, 0.1) is 5.41 Å². The van der Waals surface area contributed by atoms with Gasteiger partial charge in [0.05, 0.1) is 22.2 Å². The van der Waals surface area contributed by atoms with Gasteiger partial charge in [0.1, 0.15) is 0 Å². The van der Waals surface area contributed by atoms with Crippen molar-refractivity contribution in [2.75, 3.05) is 5.32 Å². The lowest BCUT2D eigenvalue weighted by Gasteiger charge is -2.33. The van der Waals surface area contributed by atoms with Crippen molar-refractivity contribution in [3.8, 4) is 0 Å². The summed E-state index contributed by atoms with van der Waals surface area (Å²) < 4.78 is 0. The molecule has 184 valence electrons. The molecule has 3 N–H and O–H groups in total. The van der Waals surface area contributed by atoms with E-state index in [1.54, 1.807) is 23.1 Å². The summed E-state index contributed by atoms with van der Waals surface area (Å²) in [7, 11) is 0. The van der Waals surface area contributed by atoms with E-state index in [-0.39, 0.29) is 24.0 Å². The molecule has 0 unspecified atom stereocenters. The Morgan fingerprint density at radius 3 is 2.35 bits per heavy atom. The quantitative estimate of drug-likeness (QED) is 0.439. The highest BCUT2D eigenvalue weighted by molar-refractivity contribution is 6.42. The maximum atomic E-state index is 13.3. The number of nitrogens with zero attached hydrogens (tertiary/aromatic N) is 1. The van der Waals surface area contributed by atoms with Gasteiger partial charge in [0, 0.05) is 23.7 Å². The first-order valence-corrected chi connectivity index (χ1v) is 12.4. The minimum atomic E-state index is -0.870. The van der Waals surface area contributed by atoms with E-state index in [1.165, 1.54) is 0 Å². The van der Waals surface area contributed by atoms with Gasteiger partial charge >= 0.3 is 6.03 Å². The molecule has 0 aliphatic carbocycles. The number of hydrogen-bond donors (Lipinski definition) is 3. The van der Waals surface area contributed by atoms with E-state index < -0.39 is 11.5 Å². The van der Waals surface area contributed by atoms with E-state index in [9.17, 15) is 14.7 Å². The van der Waals surface area contributed by atoms with Crippen LogP contribution in [0.3, 0.4) is 0 Å². The number of aliphatic hydroxyl groups is 1. The van der Waals surface area contributed by atoms with Crippen molar-refractivity contribution in [2.45, 2.75) is 71.7 Å². The van der Waals surface area contributed by atoms with Gasteiger partial charge in [-0.25, -0.2) is 4.79 Å². The predicted octanol–water partition coefficient (Wildman–Crippen LogP) is 6.16. The van der Waals surface area contributed by atoms with Crippen molar-refractivity contribution in [1.82, 2.24) is 10.2 Å². The number of amides is 3. The number of halogens is 2. The van der Waals surface area contributed by atoms with Crippen LogP contribution in [-0.4, -0.2) is 34.0 Å². The molecule has 1 saturated heterocycles. The third-order valence-corrected chi connectivity index (χ3v) is 6.98. The van der Waals surface area contributed by atoms with Crippen molar-refractivity contribution in [1.29, 1.82) is 0 Å². The van der Waals surface area contributed by atoms with Crippen molar-refractivity contribution in [2.24, 2.45) is 5.41 Å². The molecule has 1 heterocycles. The molecule has 1 aliphatic rings. The number of likely N-dealkylation sites (tertiary alicyclic amines) is 1. The Kier molecular flexibility index (Phi) is 8.50. The molecule has 3 rings (SSSR count). The Morgan fingerprint density at radius 1 is 1.09 bits per heavy atom. The molecule has 0 bridgehead atoms. The first-order valence-electron chi connectivity index (χ1n) is 11.6. The average molecular weight is 506 g/mol. The molecule has 6 nitrogen and oxygen atoms in total. The van der Waals surface area contributed by atoms with Gasteiger partial charge in [-0.1, -0.05) is 69.1 Å². The molecule has 8 heteroatoms. The van der Waals surface area contributed by atoms with Crippen LogP contribution in [0.15, 0.2) is 42.5 Å². The molecule has 3 amide bonds. The Labute approximate surface area is 211 Å². The van der Waals surface area contributed by atoms with Crippen LogP contribution in [0.4, 0.5) is 10.5 Å². The zero-order chi connectivity index (χ0) is 25.0. The van der Waals surface area contributed by atoms with Crippen molar-refractivity contribution in [3.05, 3.63) is 63.6 Å². The summed E-state index contributed by atoms with van der Waals surface area (Å²) in [5, 5.41) is 17.8. The largest absolute Gasteiger partial charge is 0.386 e. The van der Waals surface area contributed by atoms with E-state index in [1.807, 2.05) is 52.0 Å². The van der Waals surface area contributed by atoms with Crippen LogP contribution < -0.4 is 10.6 Å². The van der Waals surface area contributed by atoms with Crippen molar-refractivity contribution in [3.63, 3.8) is 0 Å². The van der Waals surface area contributed by atoms with Gasteiger partial charge in [-0.3, -0.25) is 4.79 Å². The highest BCUT2D eigenvalue weighted by Crippen LogP contribution is 2.36. The van der Waals surface area contributed by atoms with Crippen LogP contribution >= 0.6 is 23.2 Å². The zero-order valence-electron chi connectivity index (χ0n) is 20.1. The van der Waals surface area contributed by atoms with Gasteiger partial charge in [0.15, 0.2) is 0 Å². The van der Waals surface area contributed by atoms with E-state index in [4.69, 9.17) is 23.2 Å². The number of carbonyl (C=O) groups is 2. The number of hydrogen-bond acceptors (Lipinski definition) is 3. The van der Waals surface area contributed by atoms with Crippen LogP contribution in [0.2, 0.25) is 10.0 Å². The molecule has 2 aromatic rings. The topological polar surface area (TPSA) is 81.7 Å². The summed E-state index contributed by atoms with van der Waals surface area (Å²) in [6.07, 6.45) is 1.44. The average Bonchev–Trinajstić information content (AvgIpc) is 3.23. The third kappa shape index (κ3) is 6.23. The van der Waals surface area contributed by atoms with Gasteiger partial charge in [-0.15, -0.1) is 0 Å².